The van der Waals surface area contributed by atoms with E-state index in [2.05, 4.69) is 10.7 Å². The van der Waals surface area contributed by atoms with Gasteiger partial charge >= 0.3 is 0 Å². The Morgan fingerprint density at radius 1 is 0.778 bits per heavy atom. The Labute approximate surface area is 170 Å². The number of hydrogen-bond acceptors (Lipinski definition) is 2. The van der Waals surface area contributed by atoms with Gasteiger partial charge in [-0.2, -0.15) is 8.42 Å². The second-order valence-corrected chi connectivity index (χ2v) is 11.2. The third-order valence-corrected chi connectivity index (χ3v) is 8.39. The summed E-state index contributed by atoms with van der Waals surface area (Å²) in [6.45, 7) is 4.21. The summed E-state index contributed by atoms with van der Waals surface area (Å²) in [6.07, 6.45) is 17.8. The summed E-state index contributed by atoms with van der Waals surface area (Å²) in [5, 5.41) is 0. The summed E-state index contributed by atoms with van der Waals surface area (Å²) in [4.78, 5) is 0.308. The molecule has 0 saturated heterocycles. The van der Waals surface area contributed by atoms with Gasteiger partial charge in [-0.25, -0.2) is 0 Å². The predicted molar refractivity (Wildman–Crippen MR) is 120 cm³/mol. The largest absolute Gasteiger partial charge is 0.287 e. The van der Waals surface area contributed by atoms with Crippen LogP contribution in [0.2, 0.25) is 0 Å². The highest BCUT2D eigenvalue weighted by Crippen LogP contribution is 2.15. The second-order valence-electron chi connectivity index (χ2n) is 7.56. The molecule has 1 aromatic rings. The Morgan fingerprint density at radius 3 is 1.70 bits per heavy atom. The lowest BCUT2D eigenvalue weighted by Crippen LogP contribution is -2.02. The van der Waals surface area contributed by atoms with E-state index in [4.69, 9.17) is 0 Å². The molecule has 1 aromatic carbocycles. The van der Waals surface area contributed by atoms with Crippen molar-refractivity contribution in [2.24, 2.45) is 3.77 Å². The molecule has 1 rings (SSSR count). The van der Waals surface area contributed by atoms with E-state index in [9.17, 15) is 8.42 Å². The van der Waals surface area contributed by atoms with Gasteiger partial charge in [0, 0.05) is 5.75 Å². The van der Waals surface area contributed by atoms with Gasteiger partial charge in [0.2, 0.25) is 0 Å². The van der Waals surface area contributed by atoms with Gasteiger partial charge in [-0.05, 0) is 31.7 Å². The van der Waals surface area contributed by atoms with Gasteiger partial charge < -0.3 is 0 Å². The number of nitrogens with zero attached hydrogens (tertiary/aromatic N) is 1. The molecule has 0 heterocycles. The summed E-state index contributed by atoms with van der Waals surface area (Å²) in [5.41, 5.74) is 1.06. The number of aryl methyl sites for hydroxylation is 1. The smallest absolute Gasteiger partial charge is 0.199 e. The van der Waals surface area contributed by atoms with E-state index in [0.29, 0.717) is 4.90 Å². The van der Waals surface area contributed by atoms with Crippen LogP contribution in [0.4, 0.5) is 0 Å². The molecule has 0 aliphatic carbocycles. The Morgan fingerprint density at radius 2 is 1.22 bits per heavy atom. The third-order valence-electron chi connectivity index (χ3n) is 4.84. The normalized spacial score (nSPS) is 13.1. The molecule has 0 fully saturated rings. The maximum absolute atomic E-state index is 12.3. The van der Waals surface area contributed by atoms with Crippen LogP contribution in [0.15, 0.2) is 32.9 Å². The van der Waals surface area contributed by atoms with Gasteiger partial charge in [-0.1, -0.05) is 106 Å². The molecule has 0 aromatic heterocycles. The molecule has 3 nitrogen and oxygen atoms in total. The van der Waals surface area contributed by atoms with Gasteiger partial charge in [0.1, 0.15) is 0 Å². The standard InChI is InChI=1S/C22H39NO2S2/c1-4-5-6-7-8-9-10-11-12-13-14-15-20-26(3)23-27(24,25)22-18-16-21(2)17-19-22/h16-19H,4-15,20H2,1-3H3. The van der Waals surface area contributed by atoms with Gasteiger partial charge in [0.05, 0.1) is 4.90 Å². The van der Waals surface area contributed by atoms with Crippen LogP contribution in [-0.4, -0.2) is 20.4 Å². The summed E-state index contributed by atoms with van der Waals surface area (Å²) in [5.74, 6) is 0.877. The van der Waals surface area contributed by atoms with Crippen molar-refractivity contribution in [1.82, 2.24) is 0 Å². The minimum atomic E-state index is -3.51. The number of rotatable bonds is 15. The molecule has 0 radical (unpaired) electrons. The zero-order valence-electron chi connectivity index (χ0n) is 17.6. The van der Waals surface area contributed by atoms with Crippen molar-refractivity contribution < 1.29 is 8.42 Å². The first-order chi connectivity index (χ1) is 13.0. The van der Waals surface area contributed by atoms with Crippen molar-refractivity contribution in [3.8, 4) is 0 Å². The van der Waals surface area contributed by atoms with E-state index in [0.717, 1.165) is 17.7 Å². The van der Waals surface area contributed by atoms with Crippen molar-refractivity contribution in [3.63, 3.8) is 0 Å². The molecular weight excluding hydrogens is 374 g/mol. The van der Waals surface area contributed by atoms with Gasteiger partial charge in [-0.3, -0.25) is 0 Å². The fraction of sp³-hybridized carbons (Fsp3) is 0.727. The highest BCUT2D eigenvalue weighted by molar-refractivity contribution is 7.99. The van der Waals surface area contributed by atoms with Crippen molar-refractivity contribution >= 4 is 20.7 Å². The van der Waals surface area contributed by atoms with E-state index in [1.807, 2.05) is 25.3 Å². The minimum Gasteiger partial charge on any atom is -0.199 e. The molecule has 0 saturated carbocycles. The van der Waals surface area contributed by atoms with E-state index >= 15 is 0 Å². The first-order valence-corrected chi connectivity index (χ1v) is 13.8. The molecular formula is C22H39NO2S2. The first kappa shape index (κ1) is 24.4. The summed E-state index contributed by atoms with van der Waals surface area (Å²) < 4.78 is 28.7. The Kier molecular flexibility index (Phi) is 12.9. The molecule has 5 heteroatoms. The maximum atomic E-state index is 12.3. The van der Waals surface area contributed by atoms with E-state index < -0.39 is 20.7 Å². The van der Waals surface area contributed by atoms with Crippen LogP contribution in [-0.2, 0) is 20.7 Å². The van der Waals surface area contributed by atoms with Crippen LogP contribution in [0.1, 0.15) is 89.5 Å². The van der Waals surface area contributed by atoms with Crippen LogP contribution in [0, 0.1) is 6.92 Å². The first-order valence-electron chi connectivity index (χ1n) is 10.6. The Balaban J connectivity index is 2.12. The maximum Gasteiger partial charge on any atom is 0.287 e. The molecule has 27 heavy (non-hydrogen) atoms. The SMILES string of the molecule is CCCCCCCCCCCCCC/S(C)=N/S(=O)(=O)c1ccc(C)cc1. The zero-order valence-corrected chi connectivity index (χ0v) is 19.2. The predicted octanol–water partition coefficient (Wildman–Crippen LogP) is 6.82. The monoisotopic (exact) mass is 413 g/mol. The number of sulfonamides is 1. The lowest BCUT2D eigenvalue weighted by atomic mass is 10.1. The van der Waals surface area contributed by atoms with E-state index in [1.54, 1.807) is 12.1 Å². The van der Waals surface area contributed by atoms with Crippen LogP contribution in [0.3, 0.4) is 0 Å². The summed E-state index contributed by atoms with van der Waals surface area (Å²) in [6, 6.07) is 6.94. The van der Waals surface area contributed by atoms with Gasteiger partial charge in [0.25, 0.3) is 10.0 Å². The quantitative estimate of drug-likeness (QED) is 0.296. The molecule has 0 amide bonds. The number of hydrogen-bond donors (Lipinski definition) is 0. The van der Waals surface area contributed by atoms with Crippen molar-refractivity contribution in [1.29, 1.82) is 0 Å². The second kappa shape index (κ2) is 14.3. The number of unbranched alkanes of at least 4 members (excludes halogenated alkanes) is 11. The molecule has 1 unspecified atom stereocenters. The Bertz CT molecular complexity index is 637. The topological polar surface area (TPSA) is 46.5 Å². The highest BCUT2D eigenvalue weighted by atomic mass is 32.3. The van der Waals surface area contributed by atoms with Crippen molar-refractivity contribution in [2.75, 3.05) is 12.0 Å². The fourth-order valence-corrected chi connectivity index (χ4v) is 6.19. The fourth-order valence-electron chi connectivity index (χ4n) is 3.11. The third kappa shape index (κ3) is 11.7. The highest BCUT2D eigenvalue weighted by Gasteiger charge is 2.12. The molecule has 0 aliphatic rings. The molecule has 0 spiro atoms. The summed E-state index contributed by atoms with van der Waals surface area (Å²) in [7, 11) is -3.93. The lowest BCUT2D eigenvalue weighted by molar-refractivity contribution is 0.548. The molecule has 156 valence electrons. The van der Waals surface area contributed by atoms with Gasteiger partial charge in [0.15, 0.2) is 0 Å². The molecule has 0 bridgehead atoms. The van der Waals surface area contributed by atoms with Crippen LogP contribution in [0.25, 0.3) is 0 Å². The number of benzene rings is 1. The average molecular weight is 414 g/mol. The lowest BCUT2D eigenvalue weighted by Gasteiger charge is -2.05. The van der Waals surface area contributed by atoms with Crippen molar-refractivity contribution in [2.45, 2.75) is 95.8 Å². The van der Waals surface area contributed by atoms with Gasteiger partial charge in [-0.15, -0.1) is 3.77 Å². The van der Waals surface area contributed by atoms with E-state index in [-0.39, 0.29) is 0 Å². The van der Waals surface area contributed by atoms with E-state index in [1.165, 1.54) is 70.6 Å². The van der Waals surface area contributed by atoms with Crippen molar-refractivity contribution in [3.05, 3.63) is 29.8 Å². The molecule has 0 aliphatic heterocycles. The average Bonchev–Trinajstić information content (AvgIpc) is 2.62. The minimum absolute atomic E-state index is 0.308. The molecule has 1 atom stereocenters. The molecule has 0 N–H and O–H groups in total. The van der Waals surface area contributed by atoms with Crippen LogP contribution in [0.5, 0.6) is 0 Å². The van der Waals surface area contributed by atoms with Crippen LogP contribution >= 0.6 is 0 Å². The zero-order chi connectivity index (χ0) is 20.0. The summed E-state index contributed by atoms with van der Waals surface area (Å²) >= 11 is 0. The van der Waals surface area contributed by atoms with Crippen LogP contribution < -0.4 is 0 Å². The Hall–Kier alpha value is -0.680.